The van der Waals surface area contributed by atoms with Crippen molar-refractivity contribution in [2.75, 3.05) is 71.3 Å². The topological polar surface area (TPSA) is 333 Å². The third kappa shape index (κ3) is 22.5. The van der Waals surface area contributed by atoms with E-state index in [1.54, 1.807) is 123 Å². The zero-order valence-electron chi connectivity index (χ0n) is 80.4. The van der Waals surface area contributed by atoms with Crippen molar-refractivity contribution in [1.82, 2.24) is 36.5 Å². The number of benzene rings is 8. The van der Waals surface area contributed by atoms with Crippen LogP contribution >= 0.6 is 11.8 Å². The molecule has 0 radical (unpaired) electrons. The molecule has 0 unspecified atom stereocenters. The number of imidazole rings is 4. The summed E-state index contributed by atoms with van der Waals surface area (Å²) < 4.78 is 135. The largest absolute Gasteiger partial charge is 0.378 e. The van der Waals surface area contributed by atoms with E-state index >= 15 is 0 Å². The maximum absolute atomic E-state index is 13.9. The molecule has 0 bridgehead atoms. The number of ketones is 5. The van der Waals surface area contributed by atoms with Gasteiger partial charge in [0.25, 0.3) is 5.92 Å². The average Bonchev–Trinajstić information content (AvgIpc) is 1.61. The second-order valence-corrected chi connectivity index (χ2v) is 50.1. The van der Waals surface area contributed by atoms with Crippen LogP contribution in [-0.4, -0.2) is 165 Å². The molecule has 0 saturated carbocycles. The number of thioether (sulfide) groups is 1. The molecule has 4 aliphatic heterocycles. The number of fused-ring (bicyclic) bond motifs is 4. The molecular weight excluding hydrogens is 1830 g/mol. The number of carbonyl (C=O) groups excluding carboxylic acids is 5. The first-order chi connectivity index (χ1) is 63.6. The van der Waals surface area contributed by atoms with E-state index in [1.165, 1.54) is 29.7 Å². The van der Waals surface area contributed by atoms with Crippen LogP contribution in [0.25, 0.3) is 66.9 Å². The van der Waals surface area contributed by atoms with Crippen LogP contribution in [0.2, 0.25) is 0 Å². The Morgan fingerprint density at radius 1 is 0.353 bits per heavy atom. The minimum Gasteiger partial charge on any atom is -0.378 e. The number of Topliss-reactive ketones (excluding diaryl/α,β-unsaturated/α-hetero) is 5. The Balaban J connectivity index is 0.000000153. The lowest BCUT2D eigenvalue weighted by molar-refractivity contribution is 0.0174. The first-order valence-electron chi connectivity index (χ1n) is 46.1. The van der Waals surface area contributed by atoms with E-state index in [1.807, 2.05) is 181 Å². The van der Waals surface area contributed by atoms with Crippen LogP contribution in [0, 0.1) is 21.7 Å². The fraction of sp³-hybridized carbons (Fsp3) is 0.447. The minimum atomic E-state index is -3.05. The molecule has 4 aromatic heterocycles. The Hall–Kier alpha value is -11.0. The molecule has 12 aromatic rings. The molecular formula is C103H123F2N9O17S5. The summed E-state index contributed by atoms with van der Waals surface area (Å²) in [6.45, 7) is 25.6. The number of hydrogen-bond acceptors (Lipinski definition) is 19. The van der Waals surface area contributed by atoms with Gasteiger partial charge in [-0.3, -0.25) is 60.5 Å². The molecule has 4 saturated heterocycles. The summed E-state index contributed by atoms with van der Waals surface area (Å²) in [6.07, 6.45) is 6.91. The van der Waals surface area contributed by atoms with Crippen molar-refractivity contribution in [2.24, 2.45) is 21.7 Å². The van der Waals surface area contributed by atoms with Crippen molar-refractivity contribution in [3.05, 3.63) is 245 Å². The molecule has 26 nitrogen and oxygen atoms in total. The van der Waals surface area contributed by atoms with Gasteiger partial charge in [-0.1, -0.05) is 64.1 Å². The molecule has 0 amide bonds. The predicted octanol–water partition coefficient (Wildman–Crippen LogP) is 18.7. The van der Waals surface area contributed by atoms with Crippen molar-refractivity contribution in [3.8, 4) is 22.7 Å². The molecule has 0 spiro atoms. The second-order valence-electron chi connectivity index (χ2n) is 40.1. The van der Waals surface area contributed by atoms with Gasteiger partial charge >= 0.3 is 22.8 Å². The zero-order chi connectivity index (χ0) is 99.4. The highest BCUT2D eigenvalue weighted by Crippen LogP contribution is 2.43. The van der Waals surface area contributed by atoms with E-state index < -0.39 is 50.7 Å². The summed E-state index contributed by atoms with van der Waals surface area (Å²) in [5.74, 6) is -2.39. The van der Waals surface area contributed by atoms with Gasteiger partial charge in [0, 0.05) is 115 Å². The van der Waals surface area contributed by atoms with E-state index in [4.69, 9.17) is 0 Å². The van der Waals surface area contributed by atoms with Gasteiger partial charge in [0.1, 0.15) is 39.3 Å². The quantitative estimate of drug-likeness (QED) is 0.0400. The Bertz CT molecular complexity index is 7420. The summed E-state index contributed by atoms with van der Waals surface area (Å²) in [6, 6.07) is 49.0. The van der Waals surface area contributed by atoms with Gasteiger partial charge in [-0.2, -0.15) is 0 Å². The fourth-order valence-electron chi connectivity index (χ4n) is 18.8. The van der Waals surface area contributed by atoms with Crippen LogP contribution in [-0.2, 0) is 45.3 Å². The summed E-state index contributed by atoms with van der Waals surface area (Å²) >= 11 is 1.62. The number of rotatable bonds is 24. The lowest BCUT2D eigenvalue weighted by atomic mass is 9.78. The van der Waals surface area contributed by atoms with Gasteiger partial charge in [-0.05, 0) is 275 Å². The van der Waals surface area contributed by atoms with Gasteiger partial charge in [-0.25, -0.2) is 61.6 Å². The van der Waals surface area contributed by atoms with Crippen LogP contribution in [0.3, 0.4) is 0 Å². The number of sulfone groups is 4. The Morgan fingerprint density at radius 2 is 0.610 bits per heavy atom. The van der Waals surface area contributed by atoms with Gasteiger partial charge in [0.15, 0.2) is 28.9 Å². The smallest absolute Gasteiger partial charge is 0.333 e. The molecule has 0 atom stereocenters. The summed E-state index contributed by atoms with van der Waals surface area (Å²) in [5.41, 5.74) is 8.91. The molecule has 8 aromatic carbocycles. The maximum Gasteiger partial charge on any atom is 0.333 e. The van der Waals surface area contributed by atoms with E-state index in [0.717, 1.165) is 50.9 Å². The molecule has 33 heteroatoms. The highest BCUT2D eigenvalue weighted by atomic mass is 32.2. The van der Waals surface area contributed by atoms with Crippen molar-refractivity contribution in [3.63, 3.8) is 0 Å². The van der Waals surface area contributed by atoms with Crippen LogP contribution in [0.15, 0.2) is 194 Å². The summed E-state index contributed by atoms with van der Waals surface area (Å²) in [5, 5.41) is 0. The fourth-order valence-corrected chi connectivity index (χ4v) is 26.5. The molecule has 136 heavy (non-hydrogen) atoms. The van der Waals surface area contributed by atoms with E-state index in [-0.39, 0.29) is 157 Å². The monoisotopic (exact) mass is 1960 g/mol. The maximum atomic E-state index is 13.9. The minimum absolute atomic E-state index is 0.0152. The van der Waals surface area contributed by atoms with Gasteiger partial charge in [0.2, 0.25) is 0 Å². The number of hydrogen-bond donors (Lipinski definition) is 0. The lowest BCUT2D eigenvalue weighted by Crippen LogP contribution is -2.33. The Morgan fingerprint density at radius 3 is 0.875 bits per heavy atom. The standard InChI is InChI=1S/C26H30F2N2O4S.C26H33N3O4S.C26H30N2O5S.C25H30N2O4S2/c1-17(2)29-22-14-18(23(31)16-25(3)10-12-35(33,34)13-11-25)8-9-21(22)30(24(29)32)20-7-5-6-19(15-20)26(4,27)28;1-18(2)28-23-15-19(24(30)17-26(3)11-13-34(32,33)14-12-26)9-10-22(23)29(25(28)31)21-8-6-7-20(16-21)27(4)5;1-17(2)27-23-15-20(24(30)16-26(4)10-12-34(32,33)13-11-26)8-9-22(23)28(25(27)31)21-7-5-6-19(14-21)18(3)29;1-17(2)26-22-14-18(23(28)16-25(3)10-12-33(30,31)13-11-25)8-9-21(22)27(24(26)29)19-6-5-7-20(15-19)32-4/h5-9,14-15,17H,10-13,16H2,1-4H3;6-10,15-16,18H,11-14,17H2,1-5H3;5-9,14-15,17H,10-13,16H2,1-4H3;5-9,14-15,17H,10-13,16H2,1-4H3. The van der Waals surface area contributed by atoms with Crippen molar-refractivity contribution < 1.29 is 66.4 Å². The Labute approximate surface area is 797 Å². The first kappa shape index (κ1) is 102. The zero-order valence-corrected chi connectivity index (χ0v) is 84.5. The number of anilines is 1. The van der Waals surface area contributed by atoms with Gasteiger partial charge in [0.05, 0.1) is 113 Å². The van der Waals surface area contributed by atoms with Gasteiger partial charge < -0.3 is 4.90 Å². The lowest BCUT2D eigenvalue weighted by Gasteiger charge is -2.32. The molecule has 0 aliphatic carbocycles. The molecule has 8 heterocycles. The number of aromatic nitrogens is 8. The number of nitrogens with zero attached hydrogens (tertiary/aromatic N) is 9. The van der Waals surface area contributed by atoms with Crippen molar-refractivity contribution in [1.29, 1.82) is 0 Å². The van der Waals surface area contributed by atoms with E-state index in [2.05, 4.69) is 0 Å². The van der Waals surface area contributed by atoms with Crippen molar-refractivity contribution >= 4 is 130 Å². The van der Waals surface area contributed by atoms with E-state index in [0.29, 0.717) is 125 Å². The second kappa shape index (κ2) is 39.5. The third-order valence-corrected chi connectivity index (χ3v) is 34.7. The van der Waals surface area contributed by atoms with Crippen LogP contribution in [0.5, 0.6) is 0 Å². The first-order valence-corrected chi connectivity index (χ1v) is 54.6. The van der Waals surface area contributed by atoms with E-state index in [9.17, 15) is 85.6 Å². The number of halogens is 2. The SMILES string of the molecule is CC(=O)c1cccc(-n2c(=O)n(C(C)C)c3cc(C(=O)CC4(C)CCS(=O)(=O)CC4)ccc32)c1.CC(C)n1c(=O)n(-c2cccc(C(C)(F)F)c2)c2ccc(C(=O)CC3(C)CCS(=O)(=O)CC3)cc21.CC(C)n1c(=O)n(-c2cccc(N(C)C)c2)c2ccc(C(=O)CC3(C)CCS(=O)(=O)CC3)cc21.CSc1cccc(-n2c(=O)n(C(C)C)c3cc(C(=O)CC4(C)CCS(=O)(=O)CC4)ccc32)c1. The number of carbonyl (C=O) groups is 5. The highest BCUT2D eigenvalue weighted by Gasteiger charge is 2.41. The summed E-state index contributed by atoms with van der Waals surface area (Å²) in [4.78, 5) is 121. The van der Waals surface area contributed by atoms with Gasteiger partial charge in [-0.15, -0.1) is 11.8 Å². The molecule has 16 rings (SSSR count). The molecule has 0 N–H and O–H groups in total. The van der Waals surface area contributed by atoms with Crippen LogP contribution in [0.4, 0.5) is 14.5 Å². The van der Waals surface area contributed by atoms with Crippen LogP contribution in [0.1, 0.15) is 256 Å². The normalized spacial score (nSPS) is 17.4. The average molecular weight is 1960 g/mol. The molecule has 4 fully saturated rings. The van der Waals surface area contributed by atoms with Crippen molar-refractivity contribution in [2.45, 2.75) is 209 Å². The third-order valence-electron chi connectivity index (χ3n) is 27.4. The van der Waals surface area contributed by atoms with Crippen LogP contribution < -0.4 is 27.7 Å². The predicted molar refractivity (Wildman–Crippen MR) is 537 cm³/mol. The molecule has 726 valence electrons. The molecule has 4 aliphatic rings. The Kier molecular flexibility index (Phi) is 29.7. The summed E-state index contributed by atoms with van der Waals surface area (Å²) in [7, 11) is -8.11. The highest BCUT2D eigenvalue weighted by molar-refractivity contribution is 7.98. The number of alkyl halides is 2.